The van der Waals surface area contributed by atoms with Crippen LogP contribution in [0.1, 0.15) is 5.56 Å². The van der Waals surface area contributed by atoms with Crippen LogP contribution in [0.4, 0.5) is 5.95 Å². The molecule has 2 aromatic heterocycles. The molecule has 3 aromatic rings. The van der Waals surface area contributed by atoms with Crippen LogP contribution in [0.2, 0.25) is 0 Å². The maximum atomic E-state index is 4.03. The quantitative estimate of drug-likeness (QED) is 0.461. The molecule has 2 heterocycles. The highest BCUT2D eigenvalue weighted by Crippen LogP contribution is 2.15. The average molecular weight is 227 g/mol. The molecule has 0 atom stereocenters. The molecular formula is C10H9N7. The predicted octanol–water partition coefficient (Wildman–Crippen LogP) is 1.13. The maximum Gasteiger partial charge on any atom is 0.283 e. The summed E-state index contributed by atoms with van der Waals surface area (Å²) in [5, 5.41) is 18.3. The number of tetrazole rings is 1. The van der Waals surface area contributed by atoms with Gasteiger partial charge in [-0.15, -0.1) is 5.10 Å². The van der Waals surface area contributed by atoms with Gasteiger partial charge >= 0.3 is 0 Å². The Labute approximate surface area is 95.9 Å². The van der Waals surface area contributed by atoms with E-state index in [1.807, 2.05) is 30.5 Å². The Hall–Kier alpha value is -2.70. The third-order valence-corrected chi connectivity index (χ3v) is 2.33. The van der Waals surface area contributed by atoms with Crippen LogP contribution in [0, 0.1) is 0 Å². The van der Waals surface area contributed by atoms with Gasteiger partial charge in [0.2, 0.25) is 0 Å². The third-order valence-electron chi connectivity index (χ3n) is 2.33. The molecular weight excluding hydrogens is 218 g/mol. The van der Waals surface area contributed by atoms with Gasteiger partial charge < -0.3 is 4.98 Å². The van der Waals surface area contributed by atoms with Gasteiger partial charge in [0.05, 0.1) is 6.21 Å². The number of nitrogens with one attached hydrogen (secondary N) is 3. The Morgan fingerprint density at radius 3 is 3.12 bits per heavy atom. The number of fused-ring (bicyclic) bond motifs is 1. The summed E-state index contributed by atoms with van der Waals surface area (Å²) < 4.78 is 0. The molecule has 7 nitrogen and oxygen atoms in total. The van der Waals surface area contributed by atoms with E-state index >= 15 is 0 Å². The molecule has 0 fully saturated rings. The van der Waals surface area contributed by atoms with E-state index in [4.69, 9.17) is 0 Å². The van der Waals surface area contributed by atoms with E-state index in [-0.39, 0.29) is 0 Å². The number of hydrogen-bond acceptors (Lipinski definition) is 5. The van der Waals surface area contributed by atoms with Gasteiger partial charge in [-0.2, -0.15) is 10.3 Å². The molecule has 3 rings (SSSR count). The highest BCUT2D eigenvalue weighted by Gasteiger charge is 1.99. The smallest absolute Gasteiger partial charge is 0.283 e. The van der Waals surface area contributed by atoms with E-state index in [2.05, 4.69) is 36.1 Å². The summed E-state index contributed by atoms with van der Waals surface area (Å²) in [4.78, 5) is 3.16. The zero-order valence-corrected chi connectivity index (χ0v) is 8.75. The van der Waals surface area contributed by atoms with Crippen LogP contribution in [0.15, 0.2) is 35.6 Å². The van der Waals surface area contributed by atoms with E-state index in [9.17, 15) is 0 Å². The number of para-hydroxylation sites is 1. The molecule has 17 heavy (non-hydrogen) atoms. The van der Waals surface area contributed by atoms with E-state index in [0.717, 1.165) is 16.5 Å². The number of aromatic amines is 2. The van der Waals surface area contributed by atoms with E-state index in [0.29, 0.717) is 5.95 Å². The molecule has 1 aromatic carbocycles. The highest BCUT2D eigenvalue weighted by molar-refractivity contribution is 5.99. The lowest BCUT2D eigenvalue weighted by Crippen LogP contribution is -1.92. The third kappa shape index (κ3) is 1.85. The summed E-state index contributed by atoms with van der Waals surface area (Å²) in [6.45, 7) is 0. The Balaban J connectivity index is 1.83. The summed E-state index contributed by atoms with van der Waals surface area (Å²) >= 11 is 0. The number of anilines is 1. The van der Waals surface area contributed by atoms with Gasteiger partial charge in [0.25, 0.3) is 5.95 Å². The topological polar surface area (TPSA) is 94.6 Å². The zero-order valence-electron chi connectivity index (χ0n) is 8.75. The first-order chi connectivity index (χ1) is 8.43. The predicted molar refractivity (Wildman–Crippen MR) is 63.7 cm³/mol. The minimum atomic E-state index is 0.334. The molecule has 84 valence electrons. The standard InChI is InChI=1S/C10H9N7/c1-2-4-9-8(3-1)7(5-11-9)6-12-13-10-14-16-17-15-10/h1-6,11H,(H2,13,14,15,16,17)/b12-6+. The van der Waals surface area contributed by atoms with Crippen LogP contribution in [0.25, 0.3) is 10.9 Å². The number of nitrogens with zero attached hydrogens (tertiary/aromatic N) is 4. The summed E-state index contributed by atoms with van der Waals surface area (Å²) in [6.07, 6.45) is 3.60. The lowest BCUT2D eigenvalue weighted by molar-refractivity contribution is 0.881. The molecule has 0 aliphatic heterocycles. The molecule has 0 saturated heterocycles. The fraction of sp³-hybridized carbons (Fsp3) is 0. The van der Waals surface area contributed by atoms with Crippen molar-refractivity contribution in [3.8, 4) is 0 Å². The zero-order chi connectivity index (χ0) is 11.5. The van der Waals surface area contributed by atoms with Crippen molar-refractivity contribution in [2.75, 3.05) is 5.43 Å². The normalized spacial score (nSPS) is 11.3. The van der Waals surface area contributed by atoms with Crippen LogP contribution < -0.4 is 5.43 Å². The van der Waals surface area contributed by atoms with Gasteiger partial charge in [-0.1, -0.05) is 23.3 Å². The summed E-state index contributed by atoms with van der Waals surface area (Å²) in [5.74, 6) is 0.334. The van der Waals surface area contributed by atoms with Crippen molar-refractivity contribution >= 4 is 23.1 Å². The van der Waals surface area contributed by atoms with Crippen molar-refractivity contribution in [1.29, 1.82) is 0 Å². The van der Waals surface area contributed by atoms with Gasteiger partial charge in [-0.3, -0.25) is 0 Å². The van der Waals surface area contributed by atoms with Crippen molar-refractivity contribution in [2.45, 2.75) is 0 Å². The number of benzene rings is 1. The lowest BCUT2D eigenvalue weighted by Gasteiger charge is -1.91. The van der Waals surface area contributed by atoms with Gasteiger partial charge in [-0.05, 0) is 11.3 Å². The van der Waals surface area contributed by atoms with Gasteiger partial charge in [0, 0.05) is 22.7 Å². The molecule has 0 saturated carbocycles. The molecule has 0 spiro atoms. The fourth-order valence-corrected chi connectivity index (χ4v) is 1.57. The Morgan fingerprint density at radius 2 is 2.24 bits per heavy atom. The molecule has 0 aliphatic carbocycles. The first kappa shape index (κ1) is 9.52. The number of hydrazone groups is 1. The van der Waals surface area contributed by atoms with Crippen LogP contribution in [-0.2, 0) is 0 Å². The second-order valence-electron chi connectivity index (χ2n) is 3.40. The van der Waals surface area contributed by atoms with Crippen LogP contribution >= 0.6 is 0 Å². The largest absolute Gasteiger partial charge is 0.361 e. The first-order valence-electron chi connectivity index (χ1n) is 5.02. The van der Waals surface area contributed by atoms with Crippen molar-refractivity contribution in [1.82, 2.24) is 25.6 Å². The van der Waals surface area contributed by atoms with Crippen LogP contribution in [0.5, 0.6) is 0 Å². The molecule has 0 unspecified atom stereocenters. The Bertz CT molecular complexity index is 638. The minimum absolute atomic E-state index is 0.334. The SMILES string of the molecule is C(=N\Nc1nn[nH]n1)/c1c[nH]c2ccccc12. The maximum absolute atomic E-state index is 4.03. The fourth-order valence-electron chi connectivity index (χ4n) is 1.57. The van der Waals surface area contributed by atoms with Crippen molar-refractivity contribution < 1.29 is 0 Å². The van der Waals surface area contributed by atoms with Gasteiger partial charge in [0.15, 0.2) is 0 Å². The minimum Gasteiger partial charge on any atom is -0.361 e. The second kappa shape index (κ2) is 4.05. The first-order valence-corrected chi connectivity index (χ1v) is 5.02. The van der Waals surface area contributed by atoms with E-state index in [1.54, 1.807) is 6.21 Å². The molecule has 0 aliphatic rings. The molecule has 0 bridgehead atoms. The average Bonchev–Trinajstić information content (AvgIpc) is 2.99. The molecule has 7 heteroatoms. The molecule has 3 N–H and O–H groups in total. The van der Waals surface area contributed by atoms with Gasteiger partial charge in [0.1, 0.15) is 0 Å². The van der Waals surface area contributed by atoms with E-state index in [1.165, 1.54) is 0 Å². The van der Waals surface area contributed by atoms with Crippen molar-refractivity contribution in [3.63, 3.8) is 0 Å². The van der Waals surface area contributed by atoms with Crippen LogP contribution in [-0.4, -0.2) is 31.8 Å². The number of hydrogen-bond donors (Lipinski definition) is 3. The van der Waals surface area contributed by atoms with Crippen LogP contribution in [0.3, 0.4) is 0 Å². The Kier molecular flexibility index (Phi) is 2.27. The number of aromatic nitrogens is 5. The van der Waals surface area contributed by atoms with Crippen molar-refractivity contribution in [2.24, 2.45) is 5.10 Å². The molecule has 0 amide bonds. The lowest BCUT2D eigenvalue weighted by atomic mass is 10.2. The summed E-state index contributed by atoms with van der Waals surface area (Å²) in [6, 6.07) is 8.01. The number of rotatable bonds is 3. The summed E-state index contributed by atoms with van der Waals surface area (Å²) in [5.41, 5.74) is 4.74. The van der Waals surface area contributed by atoms with Gasteiger partial charge in [-0.25, -0.2) is 5.43 Å². The molecule has 0 radical (unpaired) electrons. The second-order valence-corrected chi connectivity index (χ2v) is 3.40. The monoisotopic (exact) mass is 227 g/mol. The van der Waals surface area contributed by atoms with Crippen molar-refractivity contribution in [3.05, 3.63) is 36.0 Å². The highest BCUT2D eigenvalue weighted by atomic mass is 15.5. The Morgan fingerprint density at radius 1 is 1.29 bits per heavy atom. The number of H-pyrrole nitrogens is 2. The van der Waals surface area contributed by atoms with E-state index < -0.39 is 0 Å². The summed E-state index contributed by atoms with van der Waals surface area (Å²) in [7, 11) is 0.